The van der Waals surface area contributed by atoms with E-state index in [4.69, 9.17) is 0 Å². The van der Waals surface area contributed by atoms with E-state index in [1.165, 1.54) is 30.5 Å². The van der Waals surface area contributed by atoms with Gasteiger partial charge in [0.25, 0.3) is 5.91 Å². The number of benzene rings is 1. The lowest BCUT2D eigenvalue weighted by atomic mass is 10.2. The molecule has 0 aliphatic carbocycles. The van der Waals surface area contributed by atoms with E-state index in [1.807, 2.05) is 0 Å². The van der Waals surface area contributed by atoms with Crippen LogP contribution in [0.2, 0.25) is 0 Å². The Morgan fingerprint density at radius 3 is 2.74 bits per heavy atom. The van der Waals surface area contributed by atoms with Crippen LogP contribution in [0.4, 0.5) is 14.5 Å². The fourth-order valence-corrected chi connectivity index (χ4v) is 1.55. The molecule has 0 saturated carbocycles. The number of carbonyl (C=O) groups is 1. The van der Waals surface area contributed by atoms with Gasteiger partial charge in [0.1, 0.15) is 6.26 Å². The maximum absolute atomic E-state index is 12.8. The van der Waals surface area contributed by atoms with Crippen molar-refractivity contribution in [3.05, 3.63) is 36.2 Å². The van der Waals surface area contributed by atoms with Crippen LogP contribution < -0.4 is 14.8 Å². The van der Waals surface area contributed by atoms with Crippen LogP contribution in [0, 0.1) is 0 Å². The summed E-state index contributed by atoms with van der Waals surface area (Å²) < 4.78 is 38.6. The first-order valence-corrected chi connectivity index (χ1v) is 5.15. The molecule has 1 aliphatic rings. The van der Waals surface area contributed by atoms with Gasteiger partial charge in [-0.2, -0.15) is 0 Å². The topological polar surface area (TPSA) is 73.6 Å². The van der Waals surface area contributed by atoms with Gasteiger partial charge < -0.3 is 19.3 Å². The normalized spacial score (nSPS) is 15.3. The molecule has 1 amide bonds. The molecule has 0 unspecified atom stereocenters. The van der Waals surface area contributed by atoms with Gasteiger partial charge in [-0.15, -0.1) is 8.78 Å². The monoisotopic (exact) mass is 268 g/mol. The van der Waals surface area contributed by atoms with Gasteiger partial charge in [-0.25, -0.2) is 0 Å². The number of alkyl halides is 2. The van der Waals surface area contributed by atoms with Crippen LogP contribution in [0.3, 0.4) is 0 Å². The van der Waals surface area contributed by atoms with Crippen molar-refractivity contribution in [3.8, 4) is 11.5 Å². The van der Waals surface area contributed by atoms with Crippen molar-refractivity contribution in [3.63, 3.8) is 0 Å². The molecule has 98 valence electrons. The minimum absolute atomic E-state index is 0.0722. The zero-order chi connectivity index (χ0) is 13.5. The minimum atomic E-state index is -3.68. The van der Waals surface area contributed by atoms with Crippen molar-refractivity contribution in [1.82, 2.24) is 5.16 Å². The molecule has 3 rings (SSSR count). The molecule has 0 spiro atoms. The molecule has 0 bridgehead atoms. The van der Waals surface area contributed by atoms with E-state index < -0.39 is 12.2 Å². The molecule has 19 heavy (non-hydrogen) atoms. The van der Waals surface area contributed by atoms with Crippen molar-refractivity contribution < 1.29 is 27.6 Å². The number of rotatable bonds is 2. The maximum Gasteiger partial charge on any atom is 0.586 e. The molecule has 1 N–H and O–H groups in total. The van der Waals surface area contributed by atoms with Gasteiger partial charge >= 0.3 is 6.29 Å². The molecule has 2 aromatic rings. The summed E-state index contributed by atoms with van der Waals surface area (Å²) in [6, 6.07) is 5.28. The number of hydrogen-bond acceptors (Lipinski definition) is 5. The number of aromatic nitrogens is 1. The third-order valence-electron chi connectivity index (χ3n) is 2.33. The highest BCUT2D eigenvalue weighted by atomic mass is 19.3. The summed E-state index contributed by atoms with van der Waals surface area (Å²) in [5, 5.41) is 5.90. The van der Waals surface area contributed by atoms with Crippen LogP contribution in [-0.4, -0.2) is 17.4 Å². The predicted molar refractivity (Wildman–Crippen MR) is 57.1 cm³/mol. The summed E-state index contributed by atoms with van der Waals surface area (Å²) in [4.78, 5) is 11.6. The first-order valence-electron chi connectivity index (χ1n) is 5.15. The third kappa shape index (κ3) is 2.19. The first-order chi connectivity index (χ1) is 9.03. The molecule has 1 aromatic heterocycles. The third-order valence-corrected chi connectivity index (χ3v) is 2.33. The molecule has 1 aliphatic heterocycles. The minimum Gasteiger partial charge on any atom is -0.395 e. The van der Waals surface area contributed by atoms with E-state index in [-0.39, 0.29) is 22.9 Å². The van der Waals surface area contributed by atoms with Gasteiger partial charge in [0, 0.05) is 17.8 Å². The van der Waals surface area contributed by atoms with Crippen molar-refractivity contribution in [2.45, 2.75) is 6.29 Å². The highest BCUT2D eigenvalue weighted by Crippen LogP contribution is 2.42. The summed E-state index contributed by atoms with van der Waals surface area (Å²) >= 11 is 0. The van der Waals surface area contributed by atoms with Gasteiger partial charge in [0.2, 0.25) is 0 Å². The van der Waals surface area contributed by atoms with E-state index in [0.717, 1.165) is 0 Å². The van der Waals surface area contributed by atoms with Gasteiger partial charge in [-0.3, -0.25) is 4.79 Å². The van der Waals surface area contributed by atoms with Crippen LogP contribution in [0.5, 0.6) is 11.5 Å². The zero-order valence-electron chi connectivity index (χ0n) is 9.22. The maximum atomic E-state index is 12.8. The molecule has 2 heterocycles. The second-order valence-electron chi connectivity index (χ2n) is 3.67. The zero-order valence-corrected chi connectivity index (χ0v) is 9.22. The summed E-state index contributed by atoms with van der Waals surface area (Å²) in [5.41, 5.74) is 0.344. The van der Waals surface area contributed by atoms with Gasteiger partial charge in [-0.05, 0) is 12.1 Å². The van der Waals surface area contributed by atoms with Crippen molar-refractivity contribution in [2.24, 2.45) is 0 Å². The van der Waals surface area contributed by atoms with Crippen molar-refractivity contribution in [1.29, 1.82) is 0 Å². The Labute approximate surface area is 104 Å². The average Bonchev–Trinajstić information content (AvgIpc) is 2.93. The average molecular weight is 268 g/mol. The predicted octanol–water partition coefficient (Wildman–Crippen LogP) is 2.25. The Morgan fingerprint density at radius 1 is 1.21 bits per heavy atom. The SMILES string of the molecule is O=C(Nc1ccc2c(c1)OC(F)(F)O2)c1ccon1. The van der Waals surface area contributed by atoms with E-state index in [1.54, 1.807) is 0 Å². The van der Waals surface area contributed by atoms with Gasteiger partial charge in [-0.1, -0.05) is 5.16 Å². The van der Waals surface area contributed by atoms with Gasteiger partial charge in [0.15, 0.2) is 17.2 Å². The van der Waals surface area contributed by atoms with Crippen LogP contribution >= 0.6 is 0 Å². The first kappa shape index (κ1) is 11.5. The Hall–Kier alpha value is -2.64. The Bertz CT molecular complexity index is 628. The fraction of sp³-hybridized carbons (Fsp3) is 0.0909. The van der Waals surface area contributed by atoms with Crippen molar-refractivity contribution >= 4 is 11.6 Å². The number of hydrogen-bond donors (Lipinski definition) is 1. The molecular formula is C11H6F2N2O4. The summed E-state index contributed by atoms with van der Waals surface area (Å²) in [5.74, 6) is -0.772. The number of fused-ring (bicyclic) bond motifs is 1. The smallest absolute Gasteiger partial charge is 0.395 e. The molecule has 0 radical (unpaired) electrons. The molecular weight excluding hydrogens is 262 g/mol. The van der Waals surface area contributed by atoms with Gasteiger partial charge in [0.05, 0.1) is 0 Å². The lowest BCUT2D eigenvalue weighted by Gasteiger charge is -2.04. The molecule has 1 aromatic carbocycles. The van der Waals surface area contributed by atoms with Crippen LogP contribution in [0.25, 0.3) is 0 Å². The number of ether oxygens (including phenoxy) is 2. The second-order valence-corrected chi connectivity index (χ2v) is 3.67. The van der Waals surface area contributed by atoms with E-state index in [2.05, 4.69) is 24.5 Å². The number of nitrogens with zero attached hydrogens (tertiary/aromatic N) is 1. The standard InChI is InChI=1S/C11H6F2N2O4/c12-11(13)18-8-2-1-6(5-9(8)19-11)14-10(16)7-3-4-17-15-7/h1-5H,(H,14,16). The number of halogens is 2. The highest BCUT2D eigenvalue weighted by Gasteiger charge is 2.43. The summed E-state index contributed by atoms with van der Waals surface area (Å²) in [6.45, 7) is 0. The quantitative estimate of drug-likeness (QED) is 0.904. The largest absolute Gasteiger partial charge is 0.586 e. The lowest BCUT2D eigenvalue weighted by molar-refractivity contribution is -0.286. The number of amides is 1. The number of nitrogens with one attached hydrogen (secondary N) is 1. The molecule has 8 heteroatoms. The van der Waals surface area contributed by atoms with E-state index >= 15 is 0 Å². The van der Waals surface area contributed by atoms with Crippen molar-refractivity contribution in [2.75, 3.05) is 5.32 Å². The van der Waals surface area contributed by atoms with Crippen LogP contribution in [0.15, 0.2) is 35.1 Å². The number of carbonyl (C=O) groups excluding carboxylic acids is 1. The second kappa shape index (κ2) is 3.94. The highest BCUT2D eigenvalue weighted by molar-refractivity contribution is 6.02. The van der Waals surface area contributed by atoms with Crippen LogP contribution in [-0.2, 0) is 0 Å². The Morgan fingerprint density at radius 2 is 2.00 bits per heavy atom. The van der Waals surface area contributed by atoms with Crippen LogP contribution in [0.1, 0.15) is 10.5 Å². The summed E-state index contributed by atoms with van der Waals surface area (Å²) in [6.07, 6.45) is -2.44. The fourth-order valence-electron chi connectivity index (χ4n) is 1.55. The van der Waals surface area contributed by atoms with E-state index in [0.29, 0.717) is 0 Å². The molecule has 0 atom stereocenters. The Kier molecular flexibility index (Phi) is 2.37. The molecule has 6 nitrogen and oxygen atoms in total. The molecule has 0 fully saturated rings. The lowest BCUT2D eigenvalue weighted by Crippen LogP contribution is -2.25. The molecule has 0 saturated heterocycles. The summed E-state index contributed by atoms with van der Waals surface area (Å²) in [7, 11) is 0. The number of anilines is 1. The van der Waals surface area contributed by atoms with E-state index in [9.17, 15) is 13.6 Å². The Balaban J connectivity index is 1.79.